The molecular formula is C7H13N3O. The lowest BCUT2D eigenvalue weighted by Crippen LogP contribution is -2.42. The van der Waals surface area contributed by atoms with Gasteiger partial charge in [0.05, 0.1) is 12.1 Å². The third-order valence-electron chi connectivity index (χ3n) is 1.31. The SMILES string of the molecule is C#CC(C)NC(C)C(N)=NO. The smallest absolute Gasteiger partial charge is 0.156 e. The van der Waals surface area contributed by atoms with Crippen molar-refractivity contribution >= 4 is 5.84 Å². The van der Waals surface area contributed by atoms with E-state index in [0.29, 0.717) is 0 Å². The van der Waals surface area contributed by atoms with Crippen molar-refractivity contribution in [3.8, 4) is 12.3 Å². The number of terminal acetylenes is 1. The highest BCUT2D eigenvalue weighted by molar-refractivity contribution is 5.84. The van der Waals surface area contributed by atoms with Crippen molar-refractivity contribution < 1.29 is 5.21 Å². The minimum absolute atomic E-state index is 0.0784. The standard InChI is InChI=1S/C7H13N3O/c1-4-5(2)9-6(3)7(8)10-11/h1,5-6,9,11H,2-3H3,(H2,8,10). The Labute approximate surface area is 66.5 Å². The van der Waals surface area contributed by atoms with Crippen LogP contribution in [-0.4, -0.2) is 23.1 Å². The van der Waals surface area contributed by atoms with Crippen LogP contribution in [0, 0.1) is 12.3 Å². The summed E-state index contributed by atoms with van der Waals surface area (Å²) in [6, 6.07) is -0.281. The van der Waals surface area contributed by atoms with Crippen molar-refractivity contribution in [3.05, 3.63) is 0 Å². The van der Waals surface area contributed by atoms with Crippen LogP contribution in [0.5, 0.6) is 0 Å². The van der Waals surface area contributed by atoms with E-state index in [4.69, 9.17) is 17.4 Å². The molecule has 0 spiro atoms. The lowest BCUT2D eigenvalue weighted by Gasteiger charge is -2.13. The molecule has 4 heteroatoms. The van der Waals surface area contributed by atoms with Crippen LogP contribution in [0.25, 0.3) is 0 Å². The van der Waals surface area contributed by atoms with Crippen LogP contribution in [0.4, 0.5) is 0 Å². The van der Waals surface area contributed by atoms with Gasteiger partial charge in [0.1, 0.15) is 0 Å². The molecule has 2 unspecified atom stereocenters. The number of nitrogens with two attached hydrogens (primary N) is 1. The number of nitrogens with zero attached hydrogens (tertiary/aromatic N) is 1. The average molecular weight is 155 g/mol. The summed E-state index contributed by atoms with van der Waals surface area (Å²) in [5, 5.41) is 14.0. The van der Waals surface area contributed by atoms with Crippen LogP contribution in [0.1, 0.15) is 13.8 Å². The molecule has 0 saturated carbocycles. The van der Waals surface area contributed by atoms with Crippen molar-refractivity contribution in [2.24, 2.45) is 10.9 Å². The predicted molar refractivity (Wildman–Crippen MR) is 44.3 cm³/mol. The monoisotopic (exact) mass is 155 g/mol. The molecule has 0 aliphatic heterocycles. The van der Waals surface area contributed by atoms with Gasteiger partial charge in [0.15, 0.2) is 5.84 Å². The van der Waals surface area contributed by atoms with Crippen LogP contribution < -0.4 is 11.1 Å². The molecule has 62 valence electrons. The molecule has 0 aliphatic carbocycles. The van der Waals surface area contributed by atoms with Gasteiger partial charge < -0.3 is 10.9 Å². The van der Waals surface area contributed by atoms with Crippen LogP contribution >= 0.6 is 0 Å². The Kier molecular flexibility index (Phi) is 4.08. The Morgan fingerprint density at radius 2 is 2.27 bits per heavy atom. The van der Waals surface area contributed by atoms with Gasteiger partial charge in [-0.2, -0.15) is 0 Å². The molecule has 0 rings (SSSR count). The van der Waals surface area contributed by atoms with E-state index in [0.717, 1.165) is 0 Å². The largest absolute Gasteiger partial charge is 0.409 e. The summed E-state index contributed by atoms with van der Waals surface area (Å²) in [6.07, 6.45) is 5.11. The van der Waals surface area contributed by atoms with E-state index in [1.165, 1.54) is 0 Å². The summed E-state index contributed by atoms with van der Waals surface area (Å²) in [5.74, 6) is 2.60. The maximum absolute atomic E-state index is 8.26. The molecule has 0 heterocycles. The number of amidine groups is 1. The van der Waals surface area contributed by atoms with Gasteiger partial charge in [0, 0.05) is 0 Å². The van der Waals surface area contributed by atoms with Crippen LogP contribution in [0.15, 0.2) is 5.16 Å². The highest BCUT2D eigenvalue weighted by Crippen LogP contribution is 1.85. The van der Waals surface area contributed by atoms with Crippen LogP contribution in [-0.2, 0) is 0 Å². The first kappa shape index (κ1) is 9.79. The van der Waals surface area contributed by atoms with Gasteiger partial charge >= 0.3 is 0 Å². The fourth-order valence-corrected chi connectivity index (χ4v) is 0.595. The fraction of sp³-hybridized carbons (Fsp3) is 0.571. The predicted octanol–water partition coefficient (Wildman–Crippen LogP) is -0.267. The Bertz CT molecular complexity index is 183. The van der Waals surface area contributed by atoms with E-state index in [9.17, 15) is 0 Å². The summed E-state index contributed by atoms with van der Waals surface area (Å²) in [7, 11) is 0. The first-order valence-electron chi connectivity index (χ1n) is 3.31. The van der Waals surface area contributed by atoms with E-state index in [1.807, 2.05) is 6.92 Å². The summed E-state index contributed by atoms with van der Waals surface area (Å²) >= 11 is 0. The van der Waals surface area contributed by atoms with Gasteiger partial charge in [-0.25, -0.2) is 0 Å². The highest BCUT2D eigenvalue weighted by Gasteiger charge is 2.08. The van der Waals surface area contributed by atoms with Crippen molar-refractivity contribution in [2.75, 3.05) is 0 Å². The van der Waals surface area contributed by atoms with E-state index in [2.05, 4.69) is 16.4 Å². The molecule has 0 saturated heterocycles. The first-order valence-corrected chi connectivity index (χ1v) is 3.31. The van der Waals surface area contributed by atoms with Crippen LogP contribution in [0.2, 0.25) is 0 Å². The molecule has 0 fully saturated rings. The minimum Gasteiger partial charge on any atom is -0.409 e. The molecule has 2 atom stereocenters. The maximum atomic E-state index is 8.26. The van der Waals surface area contributed by atoms with Crippen molar-refractivity contribution in [1.29, 1.82) is 0 Å². The third-order valence-corrected chi connectivity index (χ3v) is 1.31. The molecule has 0 aromatic carbocycles. The summed E-state index contributed by atoms with van der Waals surface area (Å²) in [4.78, 5) is 0. The number of hydrogen-bond acceptors (Lipinski definition) is 3. The van der Waals surface area contributed by atoms with Crippen molar-refractivity contribution in [3.63, 3.8) is 0 Å². The van der Waals surface area contributed by atoms with E-state index in [1.54, 1.807) is 6.92 Å². The quantitative estimate of drug-likeness (QED) is 0.173. The van der Waals surface area contributed by atoms with E-state index >= 15 is 0 Å². The van der Waals surface area contributed by atoms with Crippen molar-refractivity contribution in [2.45, 2.75) is 25.9 Å². The fourth-order valence-electron chi connectivity index (χ4n) is 0.595. The molecule has 4 nitrogen and oxygen atoms in total. The van der Waals surface area contributed by atoms with Gasteiger partial charge in [0.25, 0.3) is 0 Å². The number of nitrogens with one attached hydrogen (secondary N) is 1. The maximum Gasteiger partial charge on any atom is 0.156 e. The molecule has 0 radical (unpaired) electrons. The van der Waals surface area contributed by atoms with Gasteiger partial charge in [-0.15, -0.1) is 6.42 Å². The molecule has 0 aromatic heterocycles. The molecule has 0 aromatic rings. The zero-order valence-electron chi connectivity index (χ0n) is 6.70. The zero-order valence-corrected chi connectivity index (χ0v) is 6.70. The van der Waals surface area contributed by atoms with Crippen LogP contribution in [0.3, 0.4) is 0 Å². The zero-order chi connectivity index (χ0) is 8.85. The van der Waals surface area contributed by atoms with Gasteiger partial charge in [-0.1, -0.05) is 11.1 Å². The van der Waals surface area contributed by atoms with Gasteiger partial charge in [-0.05, 0) is 13.8 Å². The molecule has 0 amide bonds. The Morgan fingerprint density at radius 1 is 1.73 bits per heavy atom. The molecule has 4 N–H and O–H groups in total. The topological polar surface area (TPSA) is 70.6 Å². The summed E-state index contributed by atoms with van der Waals surface area (Å²) in [5.41, 5.74) is 5.29. The second-order valence-corrected chi connectivity index (χ2v) is 2.30. The second-order valence-electron chi connectivity index (χ2n) is 2.30. The van der Waals surface area contributed by atoms with Crippen molar-refractivity contribution in [1.82, 2.24) is 5.32 Å². The normalized spacial score (nSPS) is 17.0. The van der Waals surface area contributed by atoms with Gasteiger partial charge in [0.2, 0.25) is 0 Å². The summed E-state index contributed by atoms with van der Waals surface area (Å²) < 4.78 is 0. The Hall–Kier alpha value is -1.21. The minimum atomic E-state index is -0.203. The third kappa shape index (κ3) is 3.48. The number of hydrogen-bond donors (Lipinski definition) is 3. The van der Waals surface area contributed by atoms with E-state index in [-0.39, 0.29) is 17.9 Å². The molecular weight excluding hydrogens is 142 g/mol. The number of oxime groups is 1. The second kappa shape index (κ2) is 4.58. The Balaban J connectivity index is 3.89. The van der Waals surface area contributed by atoms with Gasteiger partial charge in [-0.3, -0.25) is 5.32 Å². The average Bonchev–Trinajstić information content (AvgIpc) is 2.02. The number of rotatable bonds is 3. The lowest BCUT2D eigenvalue weighted by molar-refractivity contribution is 0.315. The van der Waals surface area contributed by atoms with E-state index < -0.39 is 0 Å². The molecule has 0 bridgehead atoms. The first-order chi connectivity index (χ1) is 5.11. The molecule has 11 heavy (non-hydrogen) atoms. The highest BCUT2D eigenvalue weighted by atomic mass is 16.4. The Morgan fingerprint density at radius 3 is 2.64 bits per heavy atom. The lowest BCUT2D eigenvalue weighted by atomic mass is 10.2. The molecule has 0 aliphatic rings. The summed E-state index contributed by atoms with van der Waals surface area (Å²) in [6.45, 7) is 3.59.